The van der Waals surface area contributed by atoms with E-state index in [9.17, 15) is 22.4 Å². The molecule has 0 atom stereocenters. The minimum atomic E-state index is -4.65. The Bertz CT molecular complexity index is 849. The third-order valence-electron chi connectivity index (χ3n) is 3.04. The first-order chi connectivity index (χ1) is 12.7. The van der Waals surface area contributed by atoms with Crippen LogP contribution < -0.4 is 15.2 Å². The van der Waals surface area contributed by atoms with Crippen LogP contribution in [0.5, 0.6) is 11.5 Å². The number of aromatic nitrogens is 2. The topological polar surface area (TPSA) is 96.6 Å². The molecule has 0 bridgehead atoms. The third kappa shape index (κ3) is 4.95. The molecule has 1 aromatic carbocycles. The minimum Gasteiger partial charge on any atom is -0.480 e. The first-order valence-electron chi connectivity index (χ1n) is 7.14. The van der Waals surface area contributed by atoms with Crippen LogP contribution in [0, 0.1) is 5.82 Å². The number of hydrogen-bond donors (Lipinski definition) is 1. The lowest BCUT2D eigenvalue weighted by atomic mass is 10.1. The molecule has 0 spiro atoms. The molecule has 0 saturated carbocycles. The summed E-state index contributed by atoms with van der Waals surface area (Å²) in [5.41, 5.74) is 4.37. The molecule has 0 radical (unpaired) electrons. The molecule has 2 N–H and O–H groups in total. The Morgan fingerprint density at radius 1 is 1.30 bits per heavy atom. The molecular weight excluding hydrogens is 398 g/mol. The fraction of sp³-hybridized carbons (Fsp3) is 0.267. The molecule has 1 heterocycles. The van der Waals surface area contributed by atoms with E-state index < -0.39 is 36.0 Å². The molecule has 0 saturated heterocycles. The van der Waals surface area contributed by atoms with Crippen LogP contribution in [0.15, 0.2) is 18.3 Å². The van der Waals surface area contributed by atoms with Crippen LogP contribution in [0.25, 0.3) is 11.4 Å². The highest BCUT2D eigenvalue weighted by molar-refractivity contribution is 6.32. The minimum absolute atomic E-state index is 0.0694. The van der Waals surface area contributed by atoms with Crippen molar-refractivity contribution in [2.45, 2.75) is 6.18 Å². The average Bonchev–Trinajstić information content (AvgIpc) is 2.62. The van der Waals surface area contributed by atoms with E-state index in [4.69, 9.17) is 22.1 Å². The number of nitrogens with zero attached hydrogens (tertiary/aromatic N) is 2. The highest BCUT2D eigenvalue weighted by atomic mass is 35.5. The van der Waals surface area contributed by atoms with Crippen LogP contribution in [0.2, 0.25) is 5.02 Å². The summed E-state index contributed by atoms with van der Waals surface area (Å²) in [6.07, 6.45) is -3.85. The first kappa shape index (κ1) is 20.6. The van der Waals surface area contributed by atoms with Gasteiger partial charge >= 0.3 is 12.1 Å². The molecule has 0 amide bonds. The number of carbonyl (C=O) groups excluding carboxylic acids is 1. The maximum Gasteiger partial charge on any atom is 0.422 e. The lowest BCUT2D eigenvalue weighted by Crippen LogP contribution is -2.21. The van der Waals surface area contributed by atoms with E-state index in [0.29, 0.717) is 0 Å². The Hall–Kier alpha value is -2.66. The first-order valence-corrected chi connectivity index (χ1v) is 7.52. The molecule has 27 heavy (non-hydrogen) atoms. The SMILES string of the molecule is COC(=O)c1nc(-c2ccc(Cl)c(OCN)c2F)ncc1OCC(F)(F)F. The number of nitrogens with two attached hydrogens (primary N) is 1. The highest BCUT2D eigenvalue weighted by Gasteiger charge is 2.30. The number of benzene rings is 1. The number of hydrogen-bond acceptors (Lipinski definition) is 7. The lowest BCUT2D eigenvalue weighted by Gasteiger charge is -2.13. The molecule has 146 valence electrons. The third-order valence-corrected chi connectivity index (χ3v) is 3.34. The summed E-state index contributed by atoms with van der Waals surface area (Å²) < 4.78 is 65.5. The van der Waals surface area contributed by atoms with E-state index in [0.717, 1.165) is 13.3 Å². The molecular formula is C15H12ClF4N3O4. The van der Waals surface area contributed by atoms with Gasteiger partial charge in [0.05, 0.1) is 23.9 Å². The van der Waals surface area contributed by atoms with E-state index >= 15 is 0 Å². The molecule has 0 aliphatic heterocycles. The Morgan fingerprint density at radius 2 is 2.00 bits per heavy atom. The number of carbonyl (C=O) groups is 1. The van der Waals surface area contributed by atoms with E-state index in [2.05, 4.69) is 19.4 Å². The van der Waals surface area contributed by atoms with Crippen LogP contribution in [-0.2, 0) is 4.74 Å². The Labute approximate surface area is 155 Å². The standard InChI is InChI=1S/C15H12ClF4N3O4/c1-25-14(24)11-9(26-5-15(18,19)20)4-22-13(23-11)7-2-3-8(16)12(10(7)17)27-6-21/h2-4H,5-6,21H2,1H3. The second-order valence-electron chi connectivity index (χ2n) is 4.85. The summed E-state index contributed by atoms with van der Waals surface area (Å²) in [6.45, 7) is -2.04. The van der Waals surface area contributed by atoms with E-state index in [1.807, 2.05) is 0 Å². The monoisotopic (exact) mass is 409 g/mol. The molecule has 2 aromatic rings. The van der Waals surface area contributed by atoms with E-state index in [1.54, 1.807) is 0 Å². The number of methoxy groups -OCH3 is 1. The van der Waals surface area contributed by atoms with Crippen molar-refractivity contribution in [3.63, 3.8) is 0 Å². The van der Waals surface area contributed by atoms with Crippen LogP contribution in [0.3, 0.4) is 0 Å². The van der Waals surface area contributed by atoms with Gasteiger partial charge in [-0.15, -0.1) is 0 Å². The highest BCUT2D eigenvalue weighted by Crippen LogP contribution is 2.34. The van der Waals surface area contributed by atoms with Gasteiger partial charge in [-0.25, -0.2) is 19.2 Å². The lowest BCUT2D eigenvalue weighted by molar-refractivity contribution is -0.153. The van der Waals surface area contributed by atoms with Gasteiger partial charge in [0.25, 0.3) is 0 Å². The van der Waals surface area contributed by atoms with Crippen molar-refractivity contribution in [3.05, 3.63) is 34.9 Å². The van der Waals surface area contributed by atoms with Crippen LogP contribution in [-0.4, -0.2) is 42.6 Å². The fourth-order valence-corrected chi connectivity index (χ4v) is 2.13. The van der Waals surface area contributed by atoms with Crippen molar-refractivity contribution in [3.8, 4) is 22.9 Å². The molecule has 12 heteroatoms. The predicted octanol–water partition coefficient (Wildman–Crippen LogP) is 2.96. The zero-order chi connectivity index (χ0) is 20.2. The molecule has 0 aliphatic rings. The Balaban J connectivity index is 2.50. The van der Waals surface area contributed by atoms with Gasteiger partial charge in [-0.1, -0.05) is 11.6 Å². The van der Waals surface area contributed by atoms with Crippen molar-refractivity contribution < 1.29 is 36.6 Å². The second-order valence-corrected chi connectivity index (χ2v) is 5.26. The Morgan fingerprint density at radius 3 is 2.59 bits per heavy atom. The zero-order valence-corrected chi connectivity index (χ0v) is 14.4. The van der Waals surface area contributed by atoms with Gasteiger partial charge in [-0.2, -0.15) is 13.2 Å². The smallest absolute Gasteiger partial charge is 0.422 e. The molecule has 7 nitrogen and oxygen atoms in total. The number of rotatable bonds is 6. The number of halogens is 5. The molecule has 0 fully saturated rings. The maximum absolute atomic E-state index is 14.6. The van der Waals surface area contributed by atoms with Gasteiger partial charge in [0.15, 0.2) is 35.4 Å². The van der Waals surface area contributed by atoms with Crippen molar-refractivity contribution in [2.24, 2.45) is 5.73 Å². The van der Waals surface area contributed by atoms with E-state index in [-0.39, 0.29) is 28.9 Å². The summed E-state index contributed by atoms with van der Waals surface area (Å²) in [6, 6.07) is 2.48. The molecule has 0 aliphatic carbocycles. The second kappa shape index (κ2) is 8.35. The van der Waals surface area contributed by atoms with Crippen molar-refractivity contribution in [1.29, 1.82) is 0 Å². The fourth-order valence-electron chi connectivity index (χ4n) is 1.93. The quantitative estimate of drug-likeness (QED) is 0.445. The molecule has 0 unspecified atom stereocenters. The van der Waals surface area contributed by atoms with Crippen LogP contribution in [0.4, 0.5) is 17.6 Å². The van der Waals surface area contributed by atoms with Crippen LogP contribution in [0.1, 0.15) is 10.5 Å². The maximum atomic E-state index is 14.6. The summed E-state index contributed by atoms with van der Waals surface area (Å²) in [4.78, 5) is 19.3. The average molecular weight is 410 g/mol. The largest absolute Gasteiger partial charge is 0.480 e. The Kier molecular flexibility index (Phi) is 6.39. The van der Waals surface area contributed by atoms with Gasteiger partial charge in [0.1, 0.15) is 6.73 Å². The van der Waals surface area contributed by atoms with Gasteiger partial charge < -0.3 is 14.2 Å². The van der Waals surface area contributed by atoms with Gasteiger partial charge in [-0.05, 0) is 12.1 Å². The zero-order valence-electron chi connectivity index (χ0n) is 13.6. The predicted molar refractivity (Wildman–Crippen MR) is 85.0 cm³/mol. The van der Waals surface area contributed by atoms with Crippen molar-refractivity contribution >= 4 is 17.6 Å². The van der Waals surface area contributed by atoms with Gasteiger partial charge in [-0.3, -0.25) is 5.73 Å². The molecule has 1 aromatic heterocycles. The number of esters is 1. The van der Waals surface area contributed by atoms with Gasteiger partial charge in [0, 0.05) is 0 Å². The number of alkyl halides is 3. The normalized spacial score (nSPS) is 11.2. The van der Waals surface area contributed by atoms with Crippen molar-refractivity contribution in [1.82, 2.24) is 9.97 Å². The van der Waals surface area contributed by atoms with Gasteiger partial charge in [0.2, 0.25) is 0 Å². The molecule has 2 rings (SSSR count). The van der Waals surface area contributed by atoms with Crippen LogP contribution >= 0.6 is 11.6 Å². The van der Waals surface area contributed by atoms with E-state index in [1.165, 1.54) is 12.1 Å². The van der Waals surface area contributed by atoms with Crippen molar-refractivity contribution in [2.75, 3.05) is 20.4 Å². The summed E-state index contributed by atoms with van der Waals surface area (Å²) in [5.74, 6) is -3.32. The number of ether oxygens (including phenoxy) is 3. The summed E-state index contributed by atoms with van der Waals surface area (Å²) in [5, 5.41) is -0.0694. The summed E-state index contributed by atoms with van der Waals surface area (Å²) in [7, 11) is 0.994. The summed E-state index contributed by atoms with van der Waals surface area (Å²) >= 11 is 5.82.